The number of nitrogens with zero attached hydrogens (tertiary/aromatic N) is 1. The van der Waals surface area contributed by atoms with Crippen molar-refractivity contribution in [3.63, 3.8) is 0 Å². The molecule has 3 rings (SSSR count). The van der Waals surface area contributed by atoms with Gasteiger partial charge in [0.05, 0.1) is 26.0 Å². The third-order valence-corrected chi connectivity index (χ3v) is 5.34. The molecule has 1 aliphatic heterocycles. The summed E-state index contributed by atoms with van der Waals surface area (Å²) in [6.07, 6.45) is 0. The van der Waals surface area contributed by atoms with Gasteiger partial charge in [-0.2, -0.15) is 0 Å². The molecule has 1 amide bonds. The van der Waals surface area contributed by atoms with E-state index in [1.54, 1.807) is 7.11 Å². The molecule has 0 saturated carbocycles. The Morgan fingerprint density at radius 1 is 1.10 bits per heavy atom. The number of carbonyl (C=O) groups is 1. The van der Waals surface area contributed by atoms with Crippen LogP contribution >= 0.6 is 0 Å². The summed E-state index contributed by atoms with van der Waals surface area (Å²) in [5.74, 6) is 0.620. The molecule has 0 bridgehead atoms. The number of amides is 1. The Morgan fingerprint density at radius 3 is 2.37 bits per heavy atom. The fourth-order valence-electron chi connectivity index (χ4n) is 3.41. The zero-order valence-corrected chi connectivity index (χ0v) is 18.6. The monoisotopic (exact) mass is 411 g/mol. The second-order valence-corrected chi connectivity index (χ2v) is 8.67. The molecule has 2 N–H and O–H groups in total. The first-order valence-corrected chi connectivity index (χ1v) is 10.5. The zero-order valence-electron chi connectivity index (χ0n) is 18.6. The predicted molar refractivity (Wildman–Crippen MR) is 123 cm³/mol. The molecule has 0 unspecified atom stereocenters. The van der Waals surface area contributed by atoms with E-state index in [2.05, 4.69) is 48.4 Å². The molecule has 1 fully saturated rings. The highest BCUT2D eigenvalue weighted by atomic mass is 16.5. The van der Waals surface area contributed by atoms with Crippen molar-refractivity contribution in [2.75, 3.05) is 48.9 Å². The lowest BCUT2D eigenvalue weighted by Crippen LogP contribution is -2.36. The lowest BCUT2D eigenvalue weighted by Gasteiger charge is -2.29. The summed E-state index contributed by atoms with van der Waals surface area (Å²) < 4.78 is 10.9. The number of anilines is 3. The van der Waals surface area contributed by atoms with Gasteiger partial charge < -0.3 is 25.0 Å². The van der Waals surface area contributed by atoms with Crippen LogP contribution in [-0.4, -0.2) is 45.4 Å². The van der Waals surface area contributed by atoms with Crippen molar-refractivity contribution in [1.82, 2.24) is 0 Å². The van der Waals surface area contributed by atoms with Crippen LogP contribution in [0.15, 0.2) is 42.5 Å². The second-order valence-electron chi connectivity index (χ2n) is 8.67. The first kappa shape index (κ1) is 22.0. The Morgan fingerprint density at radius 2 is 1.77 bits per heavy atom. The average molecular weight is 412 g/mol. The van der Waals surface area contributed by atoms with E-state index >= 15 is 0 Å². The van der Waals surface area contributed by atoms with E-state index < -0.39 is 6.04 Å². The summed E-state index contributed by atoms with van der Waals surface area (Å²) in [6, 6.07) is 13.6. The van der Waals surface area contributed by atoms with E-state index in [9.17, 15) is 4.79 Å². The molecule has 1 saturated heterocycles. The highest BCUT2D eigenvalue weighted by Gasteiger charge is 2.19. The van der Waals surface area contributed by atoms with Crippen molar-refractivity contribution in [2.24, 2.45) is 0 Å². The Balaban J connectivity index is 1.64. The van der Waals surface area contributed by atoms with Gasteiger partial charge in [-0.05, 0) is 54.3 Å². The third kappa shape index (κ3) is 5.45. The number of morpholine rings is 1. The fourth-order valence-corrected chi connectivity index (χ4v) is 3.41. The molecule has 1 aliphatic rings. The molecule has 6 nitrogen and oxygen atoms in total. The van der Waals surface area contributed by atoms with E-state index in [0.717, 1.165) is 49.1 Å². The number of carbonyl (C=O) groups excluding carboxylic acids is 1. The summed E-state index contributed by atoms with van der Waals surface area (Å²) in [5, 5.41) is 6.29. The van der Waals surface area contributed by atoms with Gasteiger partial charge in [0.15, 0.2) is 0 Å². The van der Waals surface area contributed by atoms with Crippen LogP contribution in [0.3, 0.4) is 0 Å². The number of methoxy groups -OCH3 is 1. The quantitative estimate of drug-likeness (QED) is 0.743. The molecule has 1 atom stereocenters. The maximum atomic E-state index is 12.7. The van der Waals surface area contributed by atoms with Crippen LogP contribution in [0.1, 0.15) is 33.3 Å². The largest absolute Gasteiger partial charge is 0.495 e. The molecule has 1 heterocycles. The van der Waals surface area contributed by atoms with Crippen LogP contribution in [0.5, 0.6) is 5.75 Å². The summed E-state index contributed by atoms with van der Waals surface area (Å²) in [6.45, 7) is 11.6. The van der Waals surface area contributed by atoms with Crippen LogP contribution < -0.4 is 20.3 Å². The SMILES string of the molecule is COc1ccc(C(C)(C)C)cc1N[C@H](C)C(=O)Nc1ccc(N2CCOCC2)cc1. The van der Waals surface area contributed by atoms with Crippen molar-refractivity contribution in [3.8, 4) is 5.75 Å². The molecule has 162 valence electrons. The number of rotatable bonds is 6. The first-order chi connectivity index (χ1) is 14.3. The standard InChI is InChI=1S/C24H33N3O3/c1-17(25-21-16-18(24(2,3)4)6-11-22(21)29-5)23(28)26-19-7-9-20(10-8-19)27-12-14-30-15-13-27/h6-11,16-17,25H,12-15H2,1-5H3,(H,26,28)/t17-/m1/s1. The Hall–Kier alpha value is -2.73. The summed E-state index contributed by atoms with van der Waals surface area (Å²) >= 11 is 0. The van der Waals surface area contributed by atoms with Gasteiger partial charge >= 0.3 is 0 Å². The van der Waals surface area contributed by atoms with Gasteiger partial charge in [-0.1, -0.05) is 26.8 Å². The first-order valence-electron chi connectivity index (χ1n) is 10.5. The summed E-state index contributed by atoms with van der Waals surface area (Å²) in [5.41, 5.74) is 3.93. The van der Waals surface area contributed by atoms with E-state index in [4.69, 9.17) is 9.47 Å². The van der Waals surface area contributed by atoms with Gasteiger partial charge in [0.25, 0.3) is 0 Å². The minimum Gasteiger partial charge on any atom is -0.495 e. The van der Waals surface area contributed by atoms with Gasteiger partial charge in [0, 0.05) is 24.5 Å². The summed E-state index contributed by atoms with van der Waals surface area (Å²) in [7, 11) is 1.64. The third-order valence-electron chi connectivity index (χ3n) is 5.34. The maximum absolute atomic E-state index is 12.7. The van der Waals surface area contributed by atoms with Gasteiger partial charge in [-0.25, -0.2) is 0 Å². The Kier molecular flexibility index (Phi) is 6.87. The highest BCUT2D eigenvalue weighted by molar-refractivity contribution is 5.96. The molecule has 0 aromatic heterocycles. The van der Waals surface area contributed by atoms with Gasteiger partial charge in [0.1, 0.15) is 11.8 Å². The van der Waals surface area contributed by atoms with Crippen LogP contribution in [0.25, 0.3) is 0 Å². The van der Waals surface area contributed by atoms with Gasteiger partial charge in [-0.15, -0.1) is 0 Å². The van der Waals surface area contributed by atoms with Crippen LogP contribution in [0.2, 0.25) is 0 Å². The molecule has 0 aliphatic carbocycles. The van der Waals surface area contributed by atoms with Crippen molar-refractivity contribution < 1.29 is 14.3 Å². The van der Waals surface area contributed by atoms with Gasteiger partial charge in [-0.3, -0.25) is 4.79 Å². The number of ether oxygens (including phenoxy) is 2. The van der Waals surface area contributed by atoms with Crippen LogP contribution in [0, 0.1) is 0 Å². The van der Waals surface area contributed by atoms with Gasteiger partial charge in [0.2, 0.25) is 5.91 Å². The molecular weight excluding hydrogens is 378 g/mol. The van der Waals surface area contributed by atoms with Crippen molar-refractivity contribution >= 4 is 23.0 Å². The second kappa shape index (κ2) is 9.39. The van der Waals surface area contributed by atoms with Crippen molar-refractivity contribution in [2.45, 2.75) is 39.2 Å². The molecule has 30 heavy (non-hydrogen) atoms. The topological polar surface area (TPSA) is 62.8 Å². The van der Waals surface area contributed by atoms with Crippen LogP contribution in [-0.2, 0) is 14.9 Å². The Labute approximate surface area is 179 Å². The Bertz CT molecular complexity index is 853. The van der Waals surface area contributed by atoms with E-state index in [-0.39, 0.29) is 11.3 Å². The summed E-state index contributed by atoms with van der Waals surface area (Å²) in [4.78, 5) is 15.0. The molecular formula is C24H33N3O3. The maximum Gasteiger partial charge on any atom is 0.246 e. The smallest absolute Gasteiger partial charge is 0.246 e. The number of hydrogen-bond acceptors (Lipinski definition) is 5. The minimum absolute atomic E-state index is 0.0103. The number of hydrogen-bond donors (Lipinski definition) is 2. The van der Waals surface area contributed by atoms with E-state index in [1.165, 1.54) is 5.56 Å². The van der Waals surface area contributed by atoms with Crippen molar-refractivity contribution in [3.05, 3.63) is 48.0 Å². The minimum atomic E-state index is -0.423. The number of nitrogens with one attached hydrogen (secondary N) is 2. The number of benzene rings is 2. The van der Waals surface area contributed by atoms with Crippen molar-refractivity contribution in [1.29, 1.82) is 0 Å². The molecule has 0 spiro atoms. The van der Waals surface area contributed by atoms with Crippen LogP contribution in [0.4, 0.5) is 17.1 Å². The fraction of sp³-hybridized carbons (Fsp3) is 0.458. The lowest BCUT2D eigenvalue weighted by atomic mass is 9.86. The normalized spacial score (nSPS) is 15.4. The average Bonchev–Trinajstić information content (AvgIpc) is 2.74. The lowest BCUT2D eigenvalue weighted by molar-refractivity contribution is -0.116. The molecule has 2 aromatic rings. The molecule has 2 aromatic carbocycles. The zero-order chi connectivity index (χ0) is 21.7. The van der Waals surface area contributed by atoms with E-state index in [1.807, 2.05) is 37.3 Å². The molecule has 0 radical (unpaired) electrons. The highest BCUT2D eigenvalue weighted by Crippen LogP contribution is 2.32. The predicted octanol–water partition coefficient (Wildman–Crippen LogP) is 4.27. The van der Waals surface area contributed by atoms with E-state index in [0.29, 0.717) is 0 Å². The molecule has 6 heteroatoms.